The number of nitrogens with zero attached hydrogens (tertiary/aromatic N) is 1. The van der Waals surface area contributed by atoms with Crippen molar-refractivity contribution < 1.29 is 89.2 Å². The molecule has 0 aromatic carbocycles. The fourth-order valence-corrected chi connectivity index (χ4v) is 0. The van der Waals surface area contributed by atoms with Gasteiger partial charge in [0.05, 0.1) is 6.07 Å². The molecule has 0 saturated carbocycles. The SMILES string of the molecule is CC#N.F[B-](F)(F)F.F[B-](F)(F)F.F[B-](F)(F)F.F[B-](F)(F)F.[Ir]. The molecule has 1 radical (unpaired) electrons. The molecular weight excluding hydrogens is 577 g/mol. The van der Waals surface area contributed by atoms with Crippen molar-refractivity contribution in [3.63, 3.8) is 0 Å². The maximum absolute atomic E-state index is 9.75. The van der Waals surface area contributed by atoms with Gasteiger partial charge in [0.1, 0.15) is 0 Å². The second-order valence-electron chi connectivity index (χ2n) is 2.20. The van der Waals surface area contributed by atoms with Gasteiger partial charge in [-0.25, -0.2) is 0 Å². The third-order valence-corrected chi connectivity index (χ3v) is 0. The van der Waals surface area contributed by atoms with Gasteiger partial charge in [-0.3, -0.25) is 0 Å². The van der Waals surface area contributed by atoms with Crippen LogP contribution in [0.5, 0.6) is 0 Å². The van der Waals surface area contributed by atoms with Crippen LogP contribution in [0.1, 0.15) is 6.92 Å². The van der Waals surface area contributed by atoms with E-state index in [2.05, 4.69) is 0 Å². The van der Waals surface area contributed by atoms with Gasteiger partial charge in [0.15, 0.2) is 0 Å². The summed E-state index contributed by atoms with van der Waals surface area (Å²) in [6.45, 7) is 1.43. The van der Waals surface area contributed by atoms with Crippen LogP contribution < -0.4 is 0 Å². The average molecular weight is 580 g/mol. The van der Waals surface area contributed by atoms with E-state index in [1.165, 1.54) is 6.92 Å². The Balaban J connectivity index is -0.0000000422. The van der Waals surface area contributed by atoms with Crippen molar-refractivity contribution in [2.24, 2.45) is 0 Å². The van der Waals surface area contributed by atoms with Crippen molar-refractivity contribution in [1.29, 1.82) is 5.26 Å². The van der Waals surface area contributed by atoms with E-state index < -0.39 is 29.0 Å². The molecule has 0 bridgehead atoms. The Hall–Kier alpha value is -0.721. The van der Waals surface area contributed by atoms with Gasteiger partial charge in [-0.1, -0.05) is 0 Å². The third-order valence-electron chi connectivity index (χ3n) is 0. The van der Waals surface area contributed by atoms with Crippen molar-refractivity contribution >= 4 is 29.0 Å². The van der Waals surface area contributed by atoms with Crippen molar-refractivity contribution in [3.8, 4) is 6.07 Å². The Morgan fingerprint density at radius 3 is 0.458 bits per heavy atom. The third kappa shape index (κ3) is 16800. The standard InChI is InChI=1S/C2H3N.4BF4.Ir/c1-2-3;4*2-1(3,4)5;/h1H3;;;;;/q;4*-1;. The van der Waals surface area contributed by atoms with Gasteiger partial charge in [-0.15, -0.1) is 0 Å². The fourth-order valence-electron chi connectivity index (χ4n) is 0. The Morgan fingerprint density at radius 2 is 0.458 bits per heavy atom. The minimum atomic E-state index is -6.00. The Morgan fingerprint density at radius 1 is 0.458 bits per heavy atom. The molecule has 0 aliphatic carbocycles. The first kappa shape index (κ1) is 38.7. The van der Waals surface area contributed by atoms with E-state index >= 15 is 0 Å². The molecule has 0 saturated heterocycles. The van der Waals surface area contributed by atoms with Crippen LogP contribution in [0.15, 0.2) is 0 Å². The normalized spacial score (nSPS) is 10.3. The topological polar surface area (TPSA) is 23.8 Å². The summed E-state index contributed by atoms with van der Waals surface area (Å²) < 4.78 is 156. The molecule has 0 aliphatic rings. The molecule has 0 fully saturated rings. The number of halogens is 16. The van der Waals surface area contributed by atoms with Gasteiger partial charge >= 0.3 is 29.0 Å². The minimum absolute atomic E-state index is 0. The van der Waals surface area contributed by atoms with Crippen LogP contribution in [0.4, 0.5) is 69.1 Å². The summed E-state index contributed by atoms with van der Waals surface area (Å²) in [7, 11) is -24.0. The maximum atomic E-state index is 9.75. The van der Waals surface area contributed by atoms with E-state index in [9.17, 15) is 69.1 Å². The molecule has 0 unspecified atom stereocenters. The summed E-state index contributed by atoms with van der Waals surface area (Å²) in [5.41, 5.74) is 0. The molecular formula is C2H3B4F16IrN-4. The van der Waals surface area contributed by atoms with Gasteiger partial charge in [-0.05, 0) is 0 Å². The molecule has 153 valence electrons. The first-order chi connectivity index (χ1) is 9.41. The zero-order valence-electron chi connectivity index (χ0n) is 10.6. The number of hydrogen-bond donors (Lipinski definition) is 0. The monoisotopic (exact) mass is 582 g/mol. The van der Waals surface area contributed by atoms with Crippen molar-refractivity contribution in [1.82, 2.24) is 0 Å². The summed E-state index contributed by atoms with van der Waals surface area (Å²) in [5.74, 6) is 0. The Labute approximate surface area is 137 Å². The molecule has 0 N–H and O–H groups in total. The van der Waals surface area contributed by atoms with Gasteiger partial charge in [0.25, 0.3) is 0 Å². The fraction of sp³-hybridized carbons (Fsp3) is 0.500. The van der Waals surface area contributed by atoms with E-state index in [1.807, 2.05) is 0 Å². The number of rotatable bonds is 0. The van der Waals surface area contributed by atoms with Gasteiger partial charge < -0.3 is 69.1 Å². The smallest absolute Gasteiger partial charge is 0.418 e. The van der Waals surface area contributed by atoms with Crippen LogP contribution in [0.2, 0.25) is 0 Å². The van der Waals surface area contributed by atoms with Gasteiger partial charge in [-0.2, -0.15) is 5.26 Å². The second-order valence-corrected chi connectivity index (χ2v) is 2.20. The quantitative estimate of drug-likeness (QED) is 0.266. The molecule has 0 amide bonds. The van der Waals surface area contributed by atoms with Crippen molar-refractivity contribution in [3.05, 3.63) is 0 Å². The maximum Gasteiger partial charge on any atom is 0.673 e. The summed E-state index contributed by atoms with van der Waals surface area (Å²) in [6, 6.07) is 1.75. The van der Waals surface area contributed by atoms with Crippen molar-refractivity contribution in [2.45, 2.75) is 6.92 Å². The minimum Gasteiger partial charge on any atom is -0.418 e. The van der Waals surface area contributed by atoms with E-state index in [-0.39, 0.29) is 20.1 Å². The molecule has 0 aromatic heterocycles. The van der Waals surface area contributed by atoms with E-state index in [1.54, 1.807) is 6.07 Å². The second kappa shape index (κ2) is 17.1. The van der Waals surface area contributed by atoms with Crippen LogP contribution >= 0.6 is 0 Å². The predicted octanol–water partition coefficient (Wildman–Crippen LogP) is 5.73. The molecule has 24 heavy (non-hydrogen) atoms. The first-order valence-corrected chi connectivity index (χ1v) is 4.22. The molecule has 0 heterocycles. The Kier molecular flexibility index (Phi) is 27.6. The first-order valence-electron chi connectivity index (χ1n) is 4.22. The predicted molar refractivity (Wildman–Crippen MR) is 52.0 cm³/mol. The van der Waals surface area contributed by atoms with Gasteiger partial charge in [0, 0.05) is 27.0 Å². The largest absolute Gasteiger partial charge is 0.673 e. The summed E-state index contributed by atoms with van der Waals surface area (Å²) in [5, 5.41) is 7.32. The molecule has 0 atom stereocenters. The zero-order chi connectivity index (χ0) is 20.7. The van der Waals surface area contributed by atoms with Crippen molar-refractivity contribution in [2.75, 3.05) is 0 Å². The molecule has 1 nitrogen and oxygen atoms in total. The molecule has 0 rings (SSSR count). The molecule has 0 spiro atoms. The van der Waals surface area contributed by atoms with E-state index in [0.717, 1.165) is 0 Å². The number of hydrogen-bond acceptors (Lipinski definition) is 1. The van der Waals surface area contributed by atoms with Crippen LogP contribution in [0.25, 0.3) is 0 Å². The van der Waals surface area contributed by atoms with Crippen LogP contribution in [-0.2, 0) is 20.1 Å². The Bertz CT molecular complexity index is 211. The molecule has 0 aromatic rings. The van der Waals surface area contributed by atoms with Gasteiger partial charge in [0.2, 0.25) is 0 Å². The number of nitriles is 1. The zero-order valence-corrected chi connectivity index (χ0v) is 13.0. The molecule has 0 aliphatic heterocycles. The van der Waals surface area contributed by atoms with Crippen LogP contribution in [0.3, 0.4) is 0 Å². The van der Waals surface area contributed by atoms with Crippen LogP contribution in [-0.4, -0.2) is 29.0 Å². The summed E-state index contributed by atoms with van der Waals surface area (Å²) >= 11 is 0. The van der Waals surface area contributed by atoms with Crippen LogP contribution in [0, 0.1) is 11.3 Å². The summed E-state index contributed by atoms with van der Waals surface area (Å²) in [6.07, 6.45) is 0. The summed E-state index contributed by atoms with van der Waals surface area (Å²) in [4.78, 5) is 0. The van der Waals surface area contributed by atoms with E-state index in [4.69, 9.17) is 5.26 Å². The van der Waals surface area contributed by atoms with E-state index in [0.29, 0.717) is 0 Å². The molecule has 22 heteroatoms. The average Bonchev–Trinajstić information content (AvgIpc) is 1.87.